The van der Waals surface area contributed by atoms with Crippen LogP contribution in [-0.2, 0) is 20.9 Å². The lowest BCUT2D eigenvalue weighted by molar-refractivity contribution is -0.193. The molecule has 2 fully saturated rings. The van der Waals surface area contributed by atoms with E-state index in [1.54, 1.807) is 12.3 Å². The van der Waals surface area contributed by atoms with Crippen LogP contribution in [-0.4, -0.2) is 76.3 Å². The lowest BCUT2D eigenvalue weighted by atomic mass is 9.81. The average Bonchev–Trinajstić information content (AvgIpc) is 3.22. The fourth-order valence-corrected chi connectivity index (χ4v) is 3.69. The van der Waals surface area contributed by atoms with Gasteiger partial charge >= 0.3 is 24.3 Å². The minimum atomic E-state index is -5.08. The topological polar surface area (TPSA) is 109 Å². The van der Waals surface area contributed by atoms with E-state index in [9.17, 15) is 30.7 Å². The smallest absolute Gasteiger partial charge is 0.475 e. The standard InChI is InChI=1S/C19H21FN2O2.2C2HF3O2/c20-17-7-4-9-21-18(17)23-12-16-8-10-24-19(16)13-22(14-19)11-15-5-2-1-3-6-15;2*3-2(4,5)1(6)7/h1-7,9,16H,8,10-14H2;2*(H,6,7). The summed E-state index contributed by atoms with van der Waals surface area (Å²) < 4.78 is 88.8. The molecule has 1 aromatic carbocycles. The number of aromatic nitrogens is 1. The zero-order chi connectivity index (χ0) is 28.6. The SMILES string of the molecule is Fc1cccnc1OCC1CCOC12CN(Cc1ccccc1)C2.O=C(O)C(F)(F)F.O=C(O)C(F)(F)F. The van der Waals surface area contributed by atoms with Crippen molar-refractivity contribution in [3.05, 3.63) is 60.0 Å². The number of pyridine rings is 1. The Morgan fingerprint density at radius 2 is 1.55 bits per heavy atom. The zero-order valence-electron chi connectivity index (χ0n) is 19.5. The van der Waals surface area contributed by atoms with E-state index in [0.29, 0.717) is 6.61 Å². The number of halogens is 7. The van der Waals surface area contributed by atoms with Gasteiger partial charge in [0.25, 0.3) is 0 Å². The van der Waals surface area contributed by atoms with E-state index < -0.39 is 30.1 Å². The van der Waals surface area contributed by atoms with Crippen LogP contribution in [0.4, 0.5) is 30.7 Å². The normalized spacial score (nSPS) is 18.3. The summed E-state index contributed by atoms with van der Waals surface area (Å²) in [7, 11) is 0. The molecular formula is C23H23F7N2O6. The summed E-state index contributed by atoms with van der Waals surface area (Å²) in [5.74, 6) is -5.56. The molecule has 2 N–H and O–H groups in total. The third-order valence-corrected chi connectivity index (χ3v) is 5.46. The third-order valence-electron chi connectivity index (χ3n) is 5.46. The first kappa shape index (κ1) is 30.8. The molecule has 8 nitrogen and oxygen atoms in total. The molecule has 1 atom stereocenters. The summed E-state index contributed by atoms with van der Waals surface area (Å²) in [4.78, 5) is 24.1. The molecule has 4 rings (SSSR count). The highest BCUT2D eigenvalue weighted by Gasteiger charge is 2.53. The van der Waals surface area contributed by atoms with Crippen molar-refractivity contribution >= 4 is 11.9 Å². The number of alkyl halides is 6. The number of rotatable bonds is 5. The number of carboxylic acid groups (broad SMARTS) is 2. The Morgan fingerprint density at radius 3 is 2.05 bits per heavy atom. The monoisotopic (exact) mass is 556 g/mol. The predicted octanol–water partition coefficient (Wildman–Crippen LogP) is 4.16. The molecule has 2 aromatic rings. The molecule has 0 amide bonds. The summed E-state index contributed by atoms with van der Waals surface area (Å²) in [5, 5.41) is 14.2. The van der Waals surface area contributed by atoms with Gasteiger partial charge in [0, 0.05) is 38.4 Å². The van der Waals surface area contributed by atoms with Crippen molar-refractivity contribution in [1.29, 1.82) is 0 Å². The van der Waals surface area contributed by atoms with Gasteiger partial charge < -0.3 is 19.7 Å². The molecule has 0 bridgehead atoms. The first-order valence-electron chi connectivity index (χ1n) is 10.9. The van der Waals surface area contributed by atoms with Crippen LogP contribution in [0.25, 0.3) is 0 Å². The predicted molar refractivity (Wildman–Crippen MR) is 116 cm³/mol. The van der Waals surface area contributed by atoms with Crippen LogP contribution in [0.15, 0.2) is 48.7 Å². The Balaban J connectivity index is 0.000000301. The quantitative estimate of drug-likeness (QED) is 0.529. The lowest BCUT2D eigenvalue weighted by Crippen LogP contribution is -2.64. The van der Waals surface area contributed by atoms with Crippen molar-refractivity contribution in [2.45, 2.75) is 30.9 Å². The van der Waals surface area contributed by atoms with Crippen molar-refractivity contribution in [3.63, 3.8) is 0 Å². The maximum atomic E-state index is 13.6. The second-order valence-corrected chi connectivity index (χ2v) is 8.24. The van der Waals surface area contributed by atoms with E-state index >= 15 is 0 Å². The molecule has 1 unspecified atom stereocenters. The number of benzene rings is 1. The number of carboxylic acids is 2. The van der Waals surface area contributed by atoms with Crippen LogP contribution < -0.4 is 4.74 Å². The van der Waals surface area contributed by atoms with Crippen LogP contribution in [0.3, 0.4) is 0 Å². The summed E-state index contributed by atoms with van der Waals surface area (Å²) >= 11 is 0. The van der Waals surface area contributed by atoms with Gasteiger partial charge in [-0.1, -0.05) is 30.3 Å². The molecule has 1 spiro atoms. The van der Waals surface area contributed by atoms with Gasteiger partial charge in [0.1, 0.15) is 0 Å². The number of hydrogen-bond donors (Lipinski definition) is 2. The maximum Gasteiger partial charge on any atom is 0.490 e. The minimum Gasteiger partial charge on any atom is -0.475 e. The summed E-state index contributed by atoms with van der Waals surface area (Å²) in [6.45, 7) is 3.95. The van der Waals surface area contributed by atoms with Crippen molar-refractivity contribution < 1.29 is 60.0 Å². The van der Waals surface area contributed by atoms with Gasteiger partial charge in [-0.05, 0) is 24.1 Å². The van der Waals surface area contributed by atoms with E-state index in [2.05, 4.69) is 34.1 Å². The Bertz CT molecular complexity index is 1040. The van der Waals surface area contributed by atoms with E-state index in [4.69, 9.17) is 29.3 Å². The van der Waals surface area contributed by atoms with Crippen molar-refractivity contribution in [3.8, 4) is 5.88 Å². The maximum absolute atomic E-state index is 13.6. The van der Waals surface area contributed by atoms with Crippen LogP contribution >= 0.6 is 0 Å². The summed E-state index contributed by atoms with van der Waals surface area (Å²) in [6, 6.07) is 13.4. The fourth-order valence-electron chi connectivity index (χ4n) is 3.69. The molecule has 210 valence electrons. The van der Waals surface area contributed by atoms with Gasteiger partial charge in [-0.15, -0.1) is 0 Å². The lowest BCUT2D eigenvalue weighted by Gasteiger charge is -2.50. The molecule has 2 aliphatic heterocycles. The van der Waals surface area contributed by atoms with E-state index in [-0.39, 0.29) is 17.4 Å². The highest BCUT2D eigenvalue weighted by molar-refractivity contribution is 5.73. The van der Waals surface area contributed by atoms with E-state index in [0.717, 1.165) is 32.7 Å². The van der Waals surface area contributed by atoms with Crippen LogP contribution in [0.2, 0.25) is 0 Å². The van der Waals surface area contributed by atoms with Crippen LogP contribution in [0.1, 0.15) is 12.0 Å². The molecule has 0 saturated carbocycles. The molecule has 0 radical (unpaired) electrons. The molecule has 3 heterocycles. The second-order valence-electron chi connectivity index (χ2n) is 8.24. The molecule has 38 heavy (non-hydrogen) atoms. The zero-order valence-corrected chi connectivity index (χ0v) is 19.5. The van der Waals surface area contributed by atoms with Crippen molar-refractivity contribution in [2.24, 2.45) is 5.92 Å². The fraction of sp³-hybridized carbons (Fsp3) is 0.435. The van der Waals surface area contributed by atoms with Crippen molar-refractivity contribution in [1.82, 2.24) is 9.88 Å². The van der Waals surface area contributed by atoms with E-state index in [1.807, 2.05) is 6.07 Å². The van der Waals surface area contributed by atoms with Gasteiger partial charge in [0.05, 0.1) is 12.2 Å². The molecule has 2 saturated heterocycles. The highest BCUT2D eigenvalue weighted by Crippen LogP contribution is 2.40. The number of ether oxygens (including phenoxy) is 2. The number of likely N-dealkylation sites (tertiary alicyclic amines) is 1. The second kappa shape index (κ2) is 12.9. The van der Waals surface area contributed by atoms with Crippen LogP contribution in [0.5, 0.6) is 5.88 Å². The highest BCUT2D eigenvalue weighted by atomic mass is 19.4. The van der Waals surface area contributed by atoms with Gasteiger partial charge in [-0.3, -0.25) is 4.90 Å². The van der Waals surface area contributed by atoms with Crippen LogP contribution in [0, 0.1) is 11.7 Å². The molecule has 2 aliphatic rings. The van der Waals surface area contributed by atoms with Gasteiger partial charge in [-0.2, -0.15) is 26.3 Å². The average molecular weight is 556 g/mol. The number of carbonyl (C=O) groups is 2. The first-order valence-corrected chi connectivity index (χ1v) is 10.9. The van der Waals surface area contributed by atoms with Crippen molar-refractivity contribution in [2.75, 3.05) is 26.3 Å². The van der Waals surface area contributed by atoms with Gasteiger partial charge in [0.2, 0.25) is 5.88 Å². The van der Waals surface area contributed by atoms with Gasteiger partial charge in [-0.25, -0.2) is 19.0 Å². The Hall–Kier alpha value is -3.46. The molecular weight excluding hydrogens is 533 g/mol. The van der Waals surface area contributed by atoms with Gasteiger partial charge in [0.15, 0.2) is 5.82 Å². The van der Waals surface area contributed by atoms with E-state index in [1.165, 1.54) is 11.6 Å². The summed E-state index contributed by atoms with van der Waals surface area (Å²) in [6.07, 6.45) is -7.67. The number of nitrogens with zero attached hydrogens (tertiary/aromatic N) is 2. The Morgan fingerprint density at radius 1 is 1.00 bits per heavy atom. The molecule has 1 aromatic heterocycles. The Labute approximate surface area is 211 Å². The number of hydrogen-bond acceptors (Lipinski definition) is 6. The molecule has 15 heteroatoms. The minimum absolute atomic E-state index is 0.0833. The Kier molecular flexibility index (Phi) is 10.4. The molecule has 0 aliphatic carbocycles. The largest absolute Gasteiger partial charge is 0.490 e. The summed E-state index contributed by atoms with van der Waals surface area (Å²) in [5.41, 5.74) is 1.17. The first-order chi connectivity index (χ1) is 17.6. The third kappa shape index (κ3) is 9.13. The number of aliphatic carboxylic acids is 2.